The van der Waals surface area contributed by atoms with Crippen LogP contribution in [0.5, 0.6) is 0 Å². The number of benzene rings is 1. The van der Waals surface area contributed by atoms with E-state index in [1.165, 1.54) is 23.0 Å². The van der Waals surface area contributed by atoms with E-state index in [-0.39, 0.29) is 5.91 Å². The van der Waals surface area contributed by atoms with Gasteiger partial charge in [0.2, 0.25) is 0 Å². The van der Waals surface area contributed by atoms with E-state index in [0.29, 0.717) is 35.7 Å². The minimum atomic E-state index is -0.0493. The Labute approximate surface area is 170 Å². The second kappa shape index (κ2) is 7.47. The Kier molecular flexibility index (Phi) is 5.02. The average molecular weight is 396 g/mol. The Morgan fingerprint density at radius 1 is 1.32 bits per heavy atom. The molecule has 146 valence electrons. The summed E-state index contributed by atoms with van der Waals surface area (Å²) < 4.78 is 0. The third kappa shape index (κ3) is 3.35. The van der Waals surface area contributed by atoms with Crippen LogP contribution in [0.15, 0.2) is 47.9 Å². The largest absolute Gasteiger partial charge is 0.361 e. The van der Waals surface area contributed by atoms with Gasteiger partial charge >= 0.3 is 0 Å². The maximum absolute atomic E-state index is 13.3. The molecular weight excluding hydrogens is 370 g/mol. The Balaban J connectivity index is 1.61. The van der Waals surface area contributed by atoms with Gasteiger partial charge in [-0.2, -0.15) is 0 Å². The van der Waals surface area contributed by atoms with Crippen LogP contribution < -0.4 is 9.80 Å². The molecule has 7 heteroatoms. The molecule has 0 spiro atoms. The summed E-state index contributed by atoms with van der Waals surface area (Å²) >= 11 is 1.48. The number of anilines is 2. The molecule has 4 rings (SSSR count). The van der Waals surface area contributed by atoms with E-state index in [0.717, 1.165) is 18.7 Å². The Hall–Kier alpha value is -2.54. The SMILES string of the molecule is C=C1C(CC)N1Cc1cccc(N2CCN(C)c3nc(SC)ncc3C2=O)c1. The number of carbonyl (C=O) groups excluding carboxylic acids is 1. The van der Waals surface area contributed by atoms with Crippen molar-refractivity contribution in [1.29, 1.82) is 0 Å². The molecule has 1 fully saturated rings. The van der Waals surface area contributed by atoms with Crippen molar-refractivity contribution in [2.24, 2.45) is 0 Å². The van der Waals surface area contributed by atoms with E-state index in [1.807, 2.05) is 35.2 Å². The summed E-state index contributed by atoms with van der Waals surface area (Å²) in [4.78, 5) is 28.3. The van der Waals surface area contributed by atoms with Crippen molar-refractivity contribution in [1.82, 2.24) is 14.9 Å². The summed E-state index contributed by atoms with van der Waals surface area (Å²) in [7, 11) is 1.97. The molecule has 1 aromatic carbocycles. The molecule has 6 nitrogen and oxygen atoms in total. The van der Waals surface area contributed by atoms with Crippen LogP contribution in [0.3, 0.4) is 0 Å². The number of thioether (sulfide) groups is 1. The van der Waals surface area contributed by atoms with Gasteiger partial charge in [0.1, 0.15) is 11.4 Å². The van der Waals surface area contributed by atoms with E-state index in [1.54, 1.807) is 6.20 Å². The van der Waals surface area contributed by atoms with Crippen molar-refractivity contribution in [3.8, 4) is 0 Å². The molecule has 2 aliphatic rings. The lowest BCUT2D eigenvalue weighted by Gasteiger charge is -2.22. The van der Waals surface area contributed by atoms with Crippen LogP contribution in [0.4, 0.5) is 11.5 Å². The number of rotatable bonds is 5. The number of hydrogen-bond donors (Lipinski definition) is 0. The molecule has 28 heavy (non-hydrogen) atoms. The number of nitrogens with zero attached hydrogens (tertiary/aromatic N) is 5. The highest BCUT2D eigenvalue weighted by Gasteiger charge is 2.36. The van der Waals surface area contributed by atoms with Crippen molar-refractivity contribution in [3.63, 3.8) is 0 Å². The lowest BCUT2D eigenvalue weighted by atomic mass is 10.1. The molecule has 1 amide bonds. The van der Waals surface area contributed by atoms with Crippen LogP contribution >= 0.6 is 11.8 Å². The molecule has 0 radical (unpaired) electrons. The molecule has 0 saturated carbocycles. The molecule has 0 N–H and O–H groups in total. The minimum absolute atomic E-state index is 0.0493. The first-order valence-corrected chi connectivity index (χ1v) is 10.7. The predicted octanol–water partition coefficient (Wildman–Crippen LogP) is 3.40. The molecule has 3 heterocycles. The molecular formula is C21H25N5OS. The van der Waals surface area contributed by atoms with Crippen LogP contribution in [-0.4, -0.2) is 53.2 Å². The number of aromatic nitrogens is 2. The van der Waals surface area contributed by atoms with E-state index in [2.05, 4.69) is 40.5 Å². The zero-order valence-electron chi connectivity index (χ0n) is 16.6. The number of amides is 1. The molecule has 2 aliphatic heterocycles. The number of fused-ring (bicyclic) bond motifs is 1. The van der Waals surface area contributed by atoms with Gasteiger partial charge in [-0.1, -0.05) is 37.4 Å². The quantitative estimate of drug-likeness (QED) is 0.439. The number of likely N-dealkylation sites (N-methyl/N-ethyl adjacent to an activating group) is 1. The molecule has 2 aromatic rings. The third-order valence-electron chi connectivity index (χ3n) is 5.45. The standard InChI is InChI=1S/C21H25N5OS/c1-5-18-14(2)26(18)13-15-7-6-8-16(11-15)25-10-9-24(3)19-17(20(25)27)12-22-21(23-19)28-4/h6-8,11-12,18H,2,5,9-10,13H2,1,3-4H3. The fourth-order valence-corrected chi connectivity index (χ4v) is 4.10. The first-order chi connectivity index (χ1) is 13.5. The van der Waals surface area contributed by atoms with Crippen LogP contribution in [0.2, 0.25) is 0 Å². The summed E-state index contributed by atoms with van der Waals surface area (Å²) in [5.41, 5.74) is 3.86. The Bertz CT molecular complexity index is 931. The Morgan fingerprint density at radius 3 is 2.86 bits per heavy atom. The van der Waals surface area contributed by atoms with E-state index in [9.17, 15) is 4.79 Å². The van der Waals surface area contributed by atoms with E-state index >= 15 is 0 Å². The first-order valence-electron chi connectivity index (χ1n) is 9.52. The number of hydrogen-bond acceptors (Lipinski definition) is 6. The van der Waals surface area contributed by atoms with Crippen molar-refractivity contribution in [2.75, 3.05) is 36.2 Å². The van der Waals surface area contributed by atoms with Gasteiger partial charge in [0.05, 0.1) is 6.04 Å². The second-order valence-electron chi connectivity index (χ2n) is 7.19. The average Bonchev–Trinajstić information content (AvgIpc) is 3.37. The fourth-order valence-electron chi connectivity index (χ4n) is 3.77. The monoisotopic (exact) mass is 395 g/mol. The Morgan fingerprint density at radius 2 is 2.14 bits per heavy atom. The van der Waals surface area contributed by atoms with Gasteiger partial charge < -0.3 is 14.7 Å². The van der Waals surface area contributed by atoms with E-state index < -0.39 is 0 Å². The van der Waals surface area contributed by atoms with Gasteiger partial charge in [-0.05, 0) is 30.4 Å². The van der Waals surface area contributed by atoms with Gasteiger partial charge in [-0.25, -0.2) is 9.97 Å². The fraction of sp³-hybridized carbons (Fsp3) is 0.381. The van der Waals surface area contributed by atoms with Crippen molar-refractivity contribution in [2.45, 2.75) is 31.1 Å². The van der Waals surface area contributed by atoms with Gasteiger partial charge in [0.15, 0.2) is 5.16 Å². The highest BCUT2D eigenvalue weighted by molar-refractivity contribution is 7.98. The summed E-state index contributed by atoms with van der Waals surface area (Å²) in [5.74, 6) is 0.654. The highest BCUT2D eigenvalue weighted by Crippen LogP contribution is 2.36. The topological polar surface area (TPSA) is 52.3 Å². The van der Waals surface area contributed by atoms with Gasteiger partial charge in [-0.15, -0.1) is 0 Å². The lowest BCUT2D eigenvalue weighted by Crippen LogP contribution is -2.33. The molecule has 1 saturated heterocycles. The molecule has 1 unspecified atom stereocenters. The van der Waals surface area contributed by atoms with Gasteiger partial charge in [0.25, 0.3) is 5.91 Å². The van der Waals surface area contributed by atoms with Crippen molar-refractivity contribution < 1.29 is 4.79 Å². The van der Waals surface area contributed by atoms with Gasteiger partial charge in [0, 0.05) is 44.3 Å². The normalized spacial score (nSPS) is 19.0. The van der Waals surface area contributed by atoms with Crippen LogP contribution in [0, 0.1) is 0 Å². The maximum atomic E-state index is 13.3. The molecule has 1 aromatic heterocycles. The predicted molar refractivity (Wildman–Crippen MR) is 114 cm³/mol. The maximum Gasteiger partial charge on any atom is 0.263 e. The number of carbonyl (C=O) groups is 1. The third-order valence-corrected chi connectivity index (χ3v) is 6.01. The summed E-state index contributed by atoms with van der Waals surface area (Å²) in [5, 5.41) is 0.679. The molecule has 0 bridgehead atoms. The second-order valence-corrected chi connectivity index (χ2v) is 7.96. The molecule has 1 atom stereocenters. The summed E-state index contributed by atoms with van der Waals surface area (Å²) in [6, 6.07) is 8.73. The van der Waals surface area contributed by atoms with Crippen LogP contribution in [-0.2, 0) is 6.54 Å². The van der Waals surface area contributed by atoms with Crippen molar-refractivity contribution >= 4 is 29.2 Å². The lowest BCUT2D eigenvalue weighted by molar-refractivity contribution is 0.0989. The summed E-state index contributed by atoms with van der Waals surface area (Å²) in [6.07, 6.45) is 4.68. The highest BCUT2D eigenvalue weighted by atomic mass is 32.2. The first kappa shape index (κ1) is 18.8. The zero-order chi connectivity index (χ0) is 19.8. The molecule has 0 aliphatic carbocycles. The van der Waals surface area contributed by atoms with Gasteiger partial charge in [-0.3, -0.25) is 4.79 Å². The minimum Gasteiger partial charge on any atom is -0.361 e. The zero-order valence-corrected chi connectivity index (χ0v) is 17.4. The smallest absolute Gasteiger partial charge is 0.263 e. The summed E-state index contributed by atoms with van der Waals surface area (Å²) in [6.45, 7) is 8.47. The van der Waals surface area contributed by atoms with Crippen LogP contribution in [0.1, 0.15) is 29.3 Å². The van der Waals surface area contributed by atoms with Crippen molar-refractivity contribution in [3.05, 3.63) is 53.9 Å². The van der Waals surface area contributed by atoms with E-state index in [4.69, 9.17) is 0 Å². The van der Waals surface area contributed by atoms with Crippen LogP contribution in [0.25, 0.3) is 0 Å².